The Kier molecular flexibility index (Phi) is 6.10. The molecule has 1 aliphatic heterocycles. The SMILES string of the molecule is O=C1[C@H]2C[C@@H](Br)[C@@H](Br)C[C@H]2C(=O)N1CC(=O)N(c1ccccc1)c1ccc2ccccc2c1. The van der Waals surface area contributed by atoms with E-state index >= 15 is 0 Å². The number of imide groups is 1. The molecular weight excluding hydrogens is 548 g/mol. The molecule has 5 rings (SSSR count). The van der Waals surface area contributed by atoms with Gasteiger partial charge in [-0.1, -0.05) is 80.4 Å². The maximum atomic E-state index is 13.6. The van der Waals surface area contributed by atoms with E-state index in [0.29, 0.717) is 24.2 Å². The van der Waals surface area contributed by atoms with Gasteiger partial charge in [0.2, 0.25) is 11.8 Å². The van der Waals surface area contributed by atoms with Gasteiger partial charge >= 0.3 is 0 Å². The molecule has 33 heavy (non-hydrogen) atoms. The third kappa shape index (κ3) is 4.13. The summed E-state index contributed by atoms with van der Waals surface area (Å²) >= 11 is 7.22. The van der Waals surface area contributed by atoms with Crippen molar-refractivity contribution in [2.45, 2.75) is 22.5 Å². The summed E-state index contributed by atoms with van der Waals surface area (Å²) in [7, 11) is 0. The van der Waals surface area contributed by atoms with Gasteiger partial charge in [-0.15, -0.1) is 0 Å². The molecule has 1 saturated carbocycles. The summed E-state index contributed by atoms with van der Waals surface area (Å²) in [6, 6.07) is 23.1. The second-order valence-corrected chi connectivity index (χ2v) is 10.9. The zero-order valence-electron chi connectivity index (χ0n) is 17.7. The maximum absolute atomic E-state index is 13.6. The minimum absolute atomic E-state index is 0.129. The number of rotatable bonds is 4. The lowest BCUT2D eigenvalue weighted by molar-refractivity contribution is -0.143. The fraction of sp³-hybridized carbons (Fsp3) is 0.269. The molecule has 0 aromatic heterocycles. The number of fused-ring (bicyclic) bond motifs is 2. The summed E-state index contributed by atoms with van der Waals surface area (Å²) in [5, 5.41) is 2.08. The highest BCUT2D eigenvalue weighted by atomic mass is 79.9. The Morgan fingerprint density at radius 3 is 2.00 bits per heavy atom. The van der Waals surface area contributed by atoms with Gasteiger partial charge in [-0.2, -0.15) is 0 Å². The first-order valence-electron chi connectivity index (χ1n) is 10.9. The second-order valence-electron chi connectivity index (χ2n) is 8.58. The first-order chi connectivity index (χ1) is 15.9. The molecule has 2 fully saturated rings. The van der Waals surface area contributed by atoms with Gasteiger partial charge in [0, 0.05) is 21.0 Å². The van der Waals surface area contributed by atoms with Crippen LogP contribution in [0.2, 0.25) is 0 Å². The number of alkyl halides is 2. The zero-order chi connectivity index (χ0) is 23.1. The molecule has 0 unspecified atom stereocenters. The number of carbonyl (C=O) groups excluding carboxylic acids is 3. The molecule has 3 aromatic rings. The van der Waals surface area contributed by atoms with Gasteiger partial charge in [0.15, 0.2) is 0 Å². The van der Waals surface area contributed by atoms with Crippen molar-refractivity contribution in [3.05, 3.63) is 72.8 Å². The molecule has 4 atom stereocenters. The van der Waals surface area contributed by atoms with Crippen LogP contribution >= 0.6 is 31.9 Å². The number of benzene rings is 3. The molecule has 3 aromatic carbocycles. The molecule has 0 radical (unpaired) electrons. The van der Waals surface area contributed by atoms with Crippen molar-refractivity contribution >= 4 is 71.7 Å². The van der Waals surface area contributed by atoms with Gasteiger partial charge in [0.05, 0.1) is 11.8 Å². The van der Waals surface area contributed by atoms with E-state index in [2.05, 4.69) is 31.9 Å². The summed E-state index contributed by atoms with van der Waals surface area (Å²) in [5.41, 5.74) is 1.39. The van der Waals surface area contributed by atoms with E-state index in [-0.39, 0.29) is 45.8 Å². The predicted molar refractivity (Wildman–Crippen MR) is 136 cm³/mol. The van der Waals surface area contributed by atoms with Crippen LogP contribution in [0.5, 0.6) is 0 Å². The molecule has 0 spiro atoms. The van der Waals surface area contributed by atoms with Crippen LogP contribution in [-0.2, 0) is 14.4 Å². The summed E-state index contributed by atoms with van der Waals surface area (Å²) < 4.78 is 0. The number of para-hydroxylation sites is 1. The van der Waals surface area contributed by atoms with Crippen molar-refractivity contribution in [1.82, 2.24) is 4.90 Å². The third-order valence-corrected chi connectivity index (χ3v) is 9.28. The Labute approximate surface area is 209 Å². The first kappa shape index (κ1) is 22.3. The van der Waals surface area contributed by atoms with Crippen molar-refractivity contribution in [3.8, 4) is 0 Å². The van der Waals surface area contributed by atoms with Gasteiger partial charge in [-0.3, -0.25) is 24.2 Å². The minimum atomic E-state index is -0.366. The lowest BCUT2D eigenvalue weighted by atomic mass is 9.81. The Morgan fingerprint density at radius 2 is 1.36 bits per heavy atom. The standard InChI is InChI=1S/C26H22Br2N2O3/c27-22-13-20-21(14-23(22)28)26(33)29(25(20)32)15-24(31)30(18-8-2-1-3-9-18)19-11-10-16-6-4-5-7-17(16)12-19/h1-12,20-23H,13-15H2/t20-,21+,22+,23-. The van der Waals surface area contributed by atoms with E-state index < -0.39 is 0 Å². The summed E-state index contributed by atoms with van der Waals surface area (Å²) in [4.78, 5) is 42.9. The Balaban J connectivity index is 1.47. The summed E-state index contributed by atoms with van der Waals surface area (Å²) in [6.45, 7) is -0.272. The fourth-order valence-electron chi connectivity index (χ4n) is 4.86. The average molecular weight is 570 g/mol. The third-order valence-electron chi connectivity index (χ3n) is 6.55. The molecule has 0 N–H and O–H groups in total. The topological polar surface area (TPSA) is 57.7 Å². The number of likely N-dealkylation sites (tertiary alicyclic amines) is 1. The van der Waals surface area contributed by atoms with E-state index in [9.17, 15) is 14.4 Å². The number of nitrogens with zero attached hydrogens (tertiary/aromatic N) is 2. The normalized spacial score (nSPS) is 24.7. The monoisotopic (exact) mass is 568 g/mol. The number of anilines is 2. The Morgan fingerprint density at radius 1 is 0.788 bits per heavy atom. The largest absolute Gasteiger partial charge is 0.280 e. The van der Waals surface area contributed by atoms with E-state index in [1.54, 1.807) is 4.90 Å². The maximum Gasteiger partial charge on any atom is 0.251 e. The first-order valence-corrected chi connectivity index (χ1v) is 12.8. The quantitative estimate of drug-likeness (QED) is 0.311. The molecule has 2 aliphatic rings. The lowest BCUT2D eigenvalue weighted by Gasteiger charge is -2.29. The van der Waals surface area contributed by atoms with Gasteiger partial charge in [-0.05, 0) is 47.9 Å². The Bertz CT molecular complexity index is 1200. The molecular formula is C26H22Br2N2O3. The summed E-state index contributed by atoms with van der Waals surface area (Å²) in [6.07, 6.45) is 1.17. The predicted octanol–water partition coefficient (Wildman–Crippen LogP) is 5.43. The molecule has 1 saturated heterocycles. The summed E-state index contributed by atoms with van der Waals surface area (Å²) in [5.74, 6) is -1.53. The highest BCUT2D eigenvalue weighted by molar-refractivity contribution is 9.12. The highest BCUT2D eigenvalue weighted by Crippen LogP contribution is 2.43. The van der Waals surface area contributed by atoms with Crippen molar-refractivity contribution in [2.24, 2.45) is 11.8 Å². The van der Waals surface area contributed by atoms with Crippen molar-refractivity contribution in [3.63, 3.8) is 0 Å². The van der Waals surface area contributed by atoms with Gasteiger partial charge in [-0.25, -0.2) is 0 Å². The minimum Gasteiger partial charge on any atom is -0.280 e. The van der Waals surface area contributed by atoms with Crippen LogP contribution in [0.25, 0.3) is 10.8 Å². The second kappa shape index (κ2) is 9.03. The van der Waals surface area contributed by atoms with E-state index in [0.717, 1.165) is 10.8 Å². The van der Waals surface area contributed by atoms with Crippen LogP contribution in [0, 0.1) is 11.8 Å². The van der Waals surface area contributed by atoms with Gasteiger partial charge in [0.25, 0.3) is 5.91 Å². The van der Waals surface area contributed by atoms with Crippen molar-refractivity contribution in [2.75, 3.05) is 11.4 Å². The lowest BCUT2D eigenvalue weighted by Crippen LogP contribution is -2.41. The molecule has 7 heteroatoms. The molecule has 0 bridgehead atoms. The Hall–Kier alpha value is -2.51. The van der Waals surface area contributed by atoms with Crippen LogP contribution in [0.4, 0.5) is 11.4 Å². The molecule has 5 nitrogen and oxygen atoms in total. The van der Waals surface area contributed by atoms with E-state index in [1.807, 2.05) is 72.8 Å². The van der Waals surface area contributed by atoms with Gasteiger partial charge < -0.3 is 0 Å². The number of hydrogen-bond donors (Lipinski definition) is 0. The van der Waals surface area contributed by atoms with Crippen LogP contribution in [-0.4, -0.2) is 38.8 Å². The van der Waals surface area contributed by atoms with Crippen LogP contribution in [0.15, 0.2) is 72.8 Å². The molecule has 168 valence electrons. The smallest absolute Gasteiger partial charge is 0.251 e. The number of hydrogen-bond acceptors (Lipinski definition) is 3. The number of carbonyl (C=O) groups is 3. The number of halogens is 2. The fourth-order valence-corrected chi connectivity index (χ4v) is 6.09. The van der Waals surface area contributed by atoms with Crippen LogP contribution < -0.4 is 4.90 Å². The van der Waals surface area contributed by atoms with Gasteiger partial charge in [0.1, 0.15) is 6.54 Å². The van der Waals surface area contributed by atoms with Crippen LogP contribution in [0.3, 0.4) is 0 Å². The zero-order valence-corrected chi connectivity index (χ0v) is 20.9. The highest BCUT2D eigenvalue weighted by Gasteiger charge is 2.52. The van der Waals surface area contributed by atoms with Crippen molar-refractivity contribution in [1.29, 1.82) is 0 Å². The molecule has 3 amide bonds. The number of amides is 3. The molecule has 1 heterocycles. The van der Waals surface area contributed by atoms with Crippen LogP contribution in [0.1, 0.15) is 12.8 Å². The average Bonchev–Trinajstić information content (AvgIpc) is 3.04. The van der Waals surface area contributed by atoms with Crippen molar-refractivity contribution < 1.29 is 14.4 Å². The molecule has 1 aliphatic carbocycles. The van der Waals surface area contributed by atoms with E-state index in [4.69, 9.17) is 0 Å². The van der Waals surface area contributed by atoms with E-state index in [1.165, 1.54) is 4.90 Å².